The molecule has 0 bridgehead atoms. The maximum atomic E-state index is 6.29. The Kier molecular flexibility index (Phi) is 2.59. The number of benzene rings is 1. The molecule has 1 atom stereocenters. The zero-order valence-corrected chi connectivity index (χ0v) is 10.0. The highest BCUT2D eigenvalue weighted by Gasteiger charge is 2.31. The second-order valence-electron chi connectivity index (χ2n) is 5.41. The van der Waals surface area contributed by atoms with Crippen LogP contribution >= 0.6 is 0 Å². The average Bonchev–Trinajstić information content (AvgIpc) is 2.16. The van der Waals surface area contributed by atoms with Crippen LogP contribution in [0.25, 0.3) is 0 Å². The molecule has 0 fully saturated rings. The van der Waals surface area contributed by atoms with E-state index in [2.05, 4.69) is 39.0 Å². The number of rotatable bonds is 1. The molecule has 15 heavy (non-hydrogen) atoms. The van der Waals surface area contributed by atoms with Crippen molar-refractivity contribution in [1.82, 2.24) is 0 Å². The second kappa shape index (κ2) is 3.64. The molecule has 0 spiro atoms. The summed E-state index contributed by atoms with van der Waals surface area (Å²) in [5, 5.41) is 0. The fraction of sp³-hybridized carbons (Fsp3) is 0.571. The van der Waals surface area contributed by atoms with Crippen LogP contribution < -0.4 is 5.73 Å². The van der Waals surface area contributed by atoms with Crippen LogP contribution in [-0.4, -0.2) is 5.54 Å². The Bertz CT molecular complexity index is 360. The van der Waals surface area contributed by atoms with Gasteiger partial charge in [-0.05, 0) is 56.7 Å². The van der Waals surface area contributed by atoms with Crippen LogP contribution in [0.3, 0.4) is 0 Å². The lowest BCUT2D eigenvalue weighted by Crippen LogP contribution is -2.41. The molecule has 0 saturated heterocycles. The Labute approximate surface area is 92.7 Å². The van der Waals surface area contributed by atoms with Gasteiger partial charge in [0.15, 0.2) is 0 Å². The van der Waals surface area contributed by atoms with Crippen LogP contribution in [0.2, 0.25) is 0 Å². The van der Waals surface area contributed by atoms with Gasteiger partial charge in [0.25, 0.3) is 0 Å². The summed E-state index contributed by atoms with van der Waals surface area (Å²) in [5.41, 5.74) is 10.7. The molecule has 1 nitrogen and oxygen atoms in total. The van der Waals surface area contributed by atoms with E-state index in [4.69, 9.17) is 5.73 Å². The van der Waals surface area contributed by atoms with Crippen molar-refractivity contribution in [3.8, 4) is 0 Å². The maximum Gasteiger partial charge on any atom is 0.0166 e. The van der Waals surface area contributed by atoms with Crippen molar-refractivity contribution in [2.45, 2.75) is 51.5 Å². The van der Waals surface area contributed by atoms with Crippen molar-refractivity contribution in [1.29, 1.82) is 0 Å². The van der Waals surface area contributed by atoms with Crippen molar-refractivity contribution in [2.24, 2.45) is 5.73 Å². The molecule has 0 radical (unpaired) electrons. The largest absolute Gasteiger partial charge is 0.325 e. The molecule has 2 N–H and O–H groups in total. The summed E-state index contributed by atoms with van der Waals surface area (Å²) >= 11 is 0. The smallest absolute Gasteiger partial charge is 0.0166 e. The first-order valence-electron chi connectivity index (χ1n) is 5.87. The minimum atomic E-state index is -0.0959. The van der Waals surface area contributed by atoms with Gasteiger partial charge < -0.3 is 5.73 Å². The second-order valence-corrected chi connectivity index (χ2v) is 5.41. The Morgan fingerprint density at radius 2 is 2.07 bits per heavy atom. The zero-order valence-electron chi connectivity index (χ0n) is 10.0. The predicted molar refractivity (Wildman–Crippen MR) is 65.1 cm³/mol. The van der Waals surface area contributed by atoms with Crippen LogP contribution in [0, 0.1) is 6.92 Å². The zero-order chi connectivity index (χ0) is 11.1. The highest BCUT2D eigenvalue weighted by molar-refractivity contribution is 5.40. The summed E-state index contributed by atoms with van der Waals surface area (Å²) in [6, 6.07) is 6.64. The minimum Gasteiger partial charge on any atom is -0.325 e. The lowest BCUT2D eigenvalue weighted by molar-refractivity contribution is 0.367. The highest BCUT2D eigenvalue weighted by atomic mass is 14.7. The summed E-state index contributed by atoms with van der Waals surface area (Å²) in [6.07, 6.45) is 3.74. The van der Waals surface area contributed by atoms with E-state index >= 15 is 0 Å². The Hall–Kier alpha value is -0.820. The van der Waals surface area contributed by atoms with Crippen LogP contribution in [-0.2, 0) is 6.42 Å². The molecule has 1 aromatic carbocycles. The van der Waals surface area contributed by atoms with Gasteiger partial charge in [0.1, 0.15) is 0 Å². The van der Waals surface area contributed by atoms with Crippen LogP contribution in [0.1, 0.15) is 49.3 Å². The summed E-state index contributed by atoms with van der Waals surface area (Å²) in [7, 11) is 0. The molecule has 1 heteroatoms. The summed E-state index contributed by atoms with van der Waals surface area (Å²) in [4.78, 5) is 0. The van der Waals surface area contributed by atoms with E-state index in [1.54, 1.807) is 0 Å². The lowest BCUT2D eigenvalue weighted by Gasteiger charge is -2.36. The number of hydrogen-bond donors (Lipinski definition) is 1. The van der Waals surface area contributed by atoms with E-state index in [1.807, 2.05) is 0 Å². The summed E-state index contributed by atoms with van der Waals surface area (Å²) in [5.74, 6) is 0.530. The van der Waals surface area contributed by atoms with Gasteiger partial charge in [0.05, 0.1) is 0 Å². The van der Waals surface area contributed by atoms with Crippen molar-refractivity contribution in [3.63, 3.8) is 0 Å². The molecule has 1 aliphatic carbocycles. The molecule has 0 amide bonds. The van der Waals surface area contributed by atoms with Gasteiger partial charge in [0.2, 0.25) is 0 Å². The molecule has 0 aliphatic heterocycles. The van der Waals surface area contributed by atoms with Crippen molar-refractivity contribution >= 4 is 0 Å². The Balaban J connectivity index is 2.50. The van der Waals surface area contributed by atoms with Gasteiger partial charge in [-0.2, -0.15) is 0 Å². The Morgan fingerprint density at radius 1 is 1.33 bits per heavy atom. The van der Waals surface area contributed by atoms with E-state index in [0.717, 1.165) is 0 Å². The van der Waals surface area contributed by atoms with Crippen LogP contribution in [0.4, 0.5) is 0 Å². The molecule has 82 valence electrons. The third-order valence-electron chi connectivity index (χ3n) is 3.60. The van der Waals surface area contributed by atoms with Gasteiger partial charge in [-0.3, -0.25) is 0 Å². The number of aryl methyl sites for hydroxylation is 2. The van der Waals surface area contributed by atoms with Gasteiger partial charge in [-0.1, -0.05) is 18.2 Å². The minimum absolute atomic E-state index is 0.0959. The molecule has 2 rings (SSSR count). The molecule has 1 aromatic rings. The number of nitrogens with two attached hydrogens (primary N) is 1. The fourth-order valence-corrected chi connectivity index (χ4v) is 2.84. The number of hydrogen-bond acceptors (Lipinski definition) is 1. The van der Waals surface area contributed by atoms with Crippen LogP contribution in [0.15, 0.2) is 18.2 Å². The molecule has 1 aliphatic rings. The van der Waals surface area contributed by atoms with E-state index in [-0.39, 0.29) is 5.54 Å². The highest BCUT2D eigenvalue weighted by Crippen LogP contribution is 2.39. The number of fused-ring (bicyclic) bond motifs is 1. The molecule has 1 unspecified atom stereocenters. The monoisotopic (exact) mass is 203 g/mol. The third kappa shape index (κ3) is 1.93. The molecular weight excluding hydrogens is 182 g/mol. The first-order valence-corrected chi connectivity index (χ1v) is 5.87. The average molecular weight is 203 g/mol. The molecule has 0 aromatic heterocycles. The molecule has 0 saturated carbocycles. The Morgan fingerprint density at radius 3 is 2.73 bits per heavy atom. The maximum absolute atomic E-state index is 6.29. The predicted octanol–water partition coefficient (Wildman–Crippen LogP) is 3.15. The molecule has 0 heterocycles. The quantitative estimate of drug-likeness (QED) is 0.745. The lowest BCUT2D eigenvalue weighted by atomic mass is 9.72. The van der Waals surface area contributed by atoms with E-state index in [9.17, 15) is 0 Å². The third-order valence-corrected chi connectivity index (χ3v) is 3.60. The van der Waals surface area contributed by atoms with E-state index in [1.165, 1.54) is 36.0 Å². The summed E-state index contributed by atoms with van der Waals surface area (Å²) < 4.78 is 0. The van der Waals surface area contributed by atoms with Crippen molar-refractivity contribution < 1.29 is 0 Å². The normalized spacial score (nSPS) is 21.2. The van der Waals surface area contributed by atoms with Gasteiger partial charge in [-0.25, -0.2) is 0 Å². The van der Waals surface area contributed by atoms with Gasteiger partial charge in [-0.15, -0.1) is 0 Å². The molecular formula is C14H21N. The SMILES string of the molecule is Cc1cccc2c1C(C(C)(C)N)CCC2. The fourth-order valence-electron chi connectivity index (χ4n) is 2.84. The van der Waals surface area contributed by atoms with Gasteiger partial charge in [0, 0.05) is 11.5 Å². The first-order chi connectivity index (χ1) is 7.00. The summed E-state index contributed by atoms with van der Waals surface area (Å²) in [6.45, 7) is 6.52. The standard InChI is InChI=1S/C14H21N/c1-10-6-4-7-11-8-5-9-12(13(10)11)14(2,3)15/h4,6-7,12H,5,8-9,15H2,1-3H3. The van der Waals surface area contributed by atoms with Crippen LogP contribution in [0.5, 0.6) is 0 Å². The topological polar surface area (TPSA) is 26.0 Å². The van der Waals surface area contributed by atoms with Crippen molar-refractivity contribution in [3.05, 3.63) is 34.9 Å². The van der Waals surface area contributed by atoms with Gasteiger partial charge >= 0.3 is 0 Å². The van der Waals surface area contributed by atoms with E-state index in [0.29, 0.717) is 5.92 Å². The van der Waals surface area contributed by atoms with E-state index < -0.39 is 0 Å². The van der Waals surface area contributed by atoms with Crippen molar-refractivity contribution in [2.75, 3.05) is 0 Å². The first kappa shape index (κ1) is 10.7.